The fourth-order valence-corrected chi connectivity index (χ4v) is 3.30. The van der Waals surface area contributed by atoms with Gasteiger partial charge in [-0.15, -0.1) is 0 Å². The van der Waals surface area contributed by atoms with Crippen LogP contribution in [-0.4, -0.2) is 6.04 Å². The molecule has 0 bridgehead atoms. The summed E-state index contributed by atoms with van der Waals surface area (Å²) >= 11 is 9.73. The molecule has 1 saturated carbocycles. The van der Waals surface area contributed by atoms with E-state index in [1.165, 1.54) is 11.3 Å². The van der Waals surface area contributed by atoms with E-state index >= 15 is 0 Å². The Hall–Kier alpha value is -0.990. The highest BCUT2D eigenvalue weighted by atomic mass is 79.9. The molecular formula is C16H15BrClN. The Labute approximate surface area is 127 Å². The van der Waals surface area contributed by atoms with Gasteiger partial charge in [-0.3, -0.25) is 0 Å². The van der Waals surface area contributed by atoms with Crippen LogP contribution in [-0.2, 0) is 0 Å². The van der Waals surface area contributed by atoms with Gasteiger partial charge in [-0.05, 0) is 48.6 Å². The van der Waals surface area contributed by atoms with Crippen molar-refractivity contribution in [1.29, 1.82) is 0 Å². The maximum absolute atomic E-state index is 6.23. The third-order valence-corrected chi connectivity index (χ3v) is 4.52. The van der Waals surface area contributed by atoms with Crippen LogP contribution < -0.4 is 5.32 Å². The highest BCUT2D eigenvalue weighted by Crippen LogP contribution is 2.41. The van der Waals surface area contributed by atoms with Crippen molar-refractivity contribution in [2.75, 3.05) is 5.32 Å². The van der Waals surface area contributed by atoms with E-state index in [0.29, 0.717) is 12.0 Å². The van der Waals surface area contributed by atoms with Crippen molar-refractivity contribution in [2.24, 2.45) is 0 Å². The summed E-state index contributed by atoms with van der Waals surface area (Å²) in [5.74, 6) is 0.596. The zero-order valence-electron chi connectivity index (χ0n) is 10.4. The van der Waals surface area contributed by atoms with Gasteiger partial charge in [-0.2, -0.15) is 0 Å². The van der Waals surface area contributed by atoms with Crippen molar-refractivity contribution in [3.63, 3.8) is 0 Å². The van der Waals surface area contributed by atoms with Gasteiger partial charge >= 0.3 is 0 Å². The average molecular weight is 337 g/mol. The fourth-order valence-electron chi connectivity index (χ4n) is 2.61. The zero-order valence-corrected chi connectivity index (χ0v) is 12.8. The second kappa shape index (κ2) is 5.56. The summed E-state index contributed by atoms with van der Waals surface area (Å²) in [6.45, 7) is 0. The third-order valence-electron chi connectivity index (χ3n) is 3.68. The molecule has 0 aromatic heterocycles. The topological polar surface area (TPSA) is 12.0 Å². The molecule has 2 aromatic carbocycles. The molecule has 0 amide bonds. The average Bonchev–Trinajstić information content (AvgIpc) is 2.35. The lowest BCUT2D eigenvalue weighted by Crippen LogP contribution is -2.34. The first-order valence-corrected chi connectivity index (χ1v) is 7.66. The molecule has 1 aliphatic carbocycles. The smallest absolute Gasteiger partial charge is 0.0440 e. The molecule has 0 radical (unpaired) electrons. The molecule has 3 rings (SSSR count). The normalized spacial score (nSPS) is 21.8. The first-order chi connectivity index (χ1) is 9.22. The number of hydrogen-bond donors (Lipinski definition) is 1. The minimum Gasteiger partial charge on any atom is -0.382 e. The summed E-state index contributed by atoms with van der Waals surface area (Å²) in [7, 11) is 0. The molecule has 3 heteroatoms. The standard InChI is InChI=1S/C16H15BrClN/c17-12-4-3-5-13(10-12)19-14-8-11(9-14)15-6-1-2-7-16(15)18/h1-7,10-11,14,19H,8-9H2. The Morgan fingerprint density at radius 2 is 1.84 bits per heavy atom. The number of halogens is 2. The highest BCUT2D eigenvalue weighted by Gasteiger charge is 2.31. The molecule has 2 aromatic rings. The first-order valence-electron chi connectivity index (χ1n) is 6.49. The largest absolute Gasteiger partial charge is 0.382 e. The maximum Gasteiger partial charge on any atom is 0.0440 e. The number of nitrogens with one attached hydrogen (secondary N) is 1. The number of hydrogen-bond acceptors (Lipinski definition) is 1. The molecule has 0 unspecified atom stereocenters. The molecule has 0 spiro atoms. The lowest BCUT2D eigenvalue weighted by Gasteiger charge is -2.37. The van der Waals surface area contributed by atoms with Crippen LogP contribution in [0.4, 0.5) is 5.69 Å². The van der Waals surface area contributed by atoms with Crippen LogP contribution in [0.5, 0.6) is 0 Å². The van der Waals surface area contributed by atoms with Crippen LogP contribution in [0.3, 0.4) is 0 Å². The Morgan fingerprint density at radius 1 is 1.05 bits per heavy atom. The number of rotatable bonds is 3. The third kappa shape index (κ3) is 2.96. The highest BCUT2D eigenvalue weighted by molar-refractivity contribution is 9.10. The van der Waals surface area contributed by atoms with Gasteiger partial charge in [0, 0.05) is 21.2 Å². The van der Waals surface area contributed by atoms with Gasteiger partial charge < -0.3 is 5.32 Å². The molecule has 1 aliphatic rings. The summed E-state index contributed by atoms with van der Waals surface area (Å²) < 4.78 is 1.11. The van der Waals surface area contributed by atoms with Crippen molar-refractivity contribution in [2.45, 2.75) is 24.8 Å². The SMILES string of the molecule is Clc1ccccc1C1CC(Nc2cccc(Br)c2)C1. The van der Waals surface area contributed by atoms with Gasteiger partial charge in [0.2, 0.25) is 0 Å². The van der Waals surface area contributed by atoms with Crippen molar-refractivity contribution in [3.8, 4) is 0 Å². The summed E-state index contributed by atoms with van der Waals surface area (Å²) in [6.07, 6.45) is 2.30. The molecule has 1 nitrogen and oxygen atoms in total. The van der Waals surface area contributed by atoms with E-state index in [-0.39, 0.29) is 0 Å². The summed E-state index contributed by atoms with van der Waals surface area (Å²) in [5, 5.41) is 4.46. The fraction of sp³-hybridized carbons (Fsp3) is 0.250. The van der Waals surface area contributed by atoms with E-state index in [0.717, 1.165) is 22.3 Å². The second-order valence-corrected chi connectivity index (χ2v) is 6.36. The Kier molecular flexibility index (Phi) is 3.81. The van der Waals surface area contributed by atoms with Crippen LogP contribution in [0.15, 0.2) is 53.0 Å². The maximum atomic E-state index is 6.23. The predicted octanol–water partition coefficient (Wildman–Crippen LogP) is 5.46. The van der Waals surface area contributed by atoms with E-state index < -0.39 is 0 Å². The minimum absolute atomic E-state index is 0.551. The first kappa shape index (κ1) is 13.0. The van der Waals surface area contributed by atoms with Crippen LogP contribution >= 0.6 is 27.5 Å². The van der Waals surface area contributed by atoms with Gasteiger partial charge in [0.15, 0.2) is 0 Å². The number of anilines is 1. The van der Waals surface area contributed by atoms with Crippen molar-refractivity contribution >= 4 is 33.2 Å². The molecule has 1 N–H and O–H groups in total. The Morgan fingerprint density at radius 3 is 2.58 bits per heavy atom. The van der Waals surface area contributed by atoms with Gasteiger partial charge in [0.1, 0.15) is 0 Å². The summed E-state index contributed by atoms with van der Waals surface area (Å²) in [5.41, 5.74) is 2.47. The quantitative estimate of drug-likeness (QED) is 0.784. The molecule has 19 heavy (non-hydrogen) atoms. The molecule has 0 atom stereocenters. The van der Waals surface area contributed by atoms with Gasteiger partial charge in [0.05, 0.1) is 0 Å². The lowest BCUT2D eigenvalue weighted by molar-refractivity contribution is 0.374. The van der Waals surface area contributed by atoms with Gasteiger partial charge in [0.25, 0.3) is 0 Å². The van der Waals surface area contributed by atoms with E-state index in [4.69, 9.17) is 11.6 Å². The Bertz CT molecular complexity index is 578. The molecular weight excluding hydrogens is 322 g/mol. The monoisotopic (exact) mass is 335 g/mol. The molecule has 0 aliphatic heterocycles. The summed E-state index contributed by atoms with van der Waals surface area (Å²) in [4.78, 5) is 0. The predicted molar refractivity (Wildman–Crippen MR) is 85.0 cm³/mol. The molecule has 1 fully saturated rings. The van der Waals surface area contributed by atoms with Crippen LogP contribution in [0.1, 0.15) is 24.3 Å². The summed E-state index contributed by atoms with van der Waals surface area (Å²) in [6, 6.07) is 17.0. The van der Waals surface area contributed by atoms with E-state index in [1.807, 2.05) is 18.2 Å². The van der Waals surface area contributed by atoms with Gasteiger partial charge in [-0.25, -0.2) is 0 Å². The minimum atomic E-state index is 0.551. The van der Waals surface area contributed by atoms with E-state index in [9.17, 15) is 0 Å². The van der Waals surface area contributed by atoms with E-state index in [1.54, 1.807) is 0 Å². The second-order valence-electron chi connectivity index (χ2n) is 5.04. The lowest BCUT2D eigenvalue weighted by atomic mass is 9.76. The zero-order chi connectivity index (χ0) is 13.2. The van der Waals surface area contributed by atoms with Crippen LogP contribution in [0.25, 0.3) is 0 Å². The van der Waals surface area contributed by atoms with Crippen molar-refractivity contribution < 1.29 is 0 Å². The number of benzene rings is 2. The van der Waals surface area contributed by atoms with E-state index in [2.05, 4.69) is 51.6 Å². The molecule has 0 heterocycles. The molecule has 98 valence electrons. The Balaban J connectivity index is 1.60. The van der Waals surface area contributed by atoms with Crippen molar-refractivity contribution in [3.05, 3.63) is 63.6 Å². The molecule has 0 saturated heterocycles. The van der Waals surface area contributed by atoms with Crippen LogP contribution in [0, 0.1) is 0 Å². The van der Waals surface area contributed by atoms with Crippen LogP contribution in [0.2, 0.25) is 5.02 Å². The van der Waals surface area contributed by atoms with Gasteiger partial charge in [-0.1, -0.05) is 51.8 Å². The van der Waals surface area contributed by atoms with Crippen molar-refractivity contribution in [1.82, 2.24) is 0 Å².